The van der Waals surface area contributed by atoms with Gasteiger partial charge in [-0.3, -0.25) is 14.5 Å². The summed E-state index contributed by atoms with van der Waals surface area (Å²) in [5.41, 5.74) is 5.26. The summed E-state index contributed by atoms with van der Waals surface area (Å²) < 4.78 is 5.18. The fourth-order valence-electron chi connectivity index (χ4n) is 1.76. The highest BCUT2D eigenvalue weighted by molar-refractivity contribution is 5.80. The van der Waals surface area contributed by atoms with Crippen molar-refractivity contribution in [3.05, 3.63) is 0 Å². The number of ether oxygens (including phenoxy) is 1. The lowest BCUT2D eigenvalue weighted by Crippen LogP contribution is -2.52. The van der Waals surface area contributed by atoms with Gasteiger partial charge in [-0.05, 0) is 19.4 Å². The molecule has 1 amide bonds. The van der Waals surface area contributed by atoms with Crippen LogP contribution < -0.4 is 5.73 Å². The van der Waals surface area contributed by atoms with E-state index in [0.717, 1.165) is 6.42 Å². The van der Waals surface area contributed by atoms with Crippen LogP contribution in [0, 0.1) is 0 Å². The molecule has 0 spiro atoms. The van der Waals surface area contributed by atoms with Gasteiger partial charge in [0, 0.05) is 13.0 Å². The van der Waals surface area contributed by atoms with Crippen molar-refractivity contribution in [2.45, 2.75) is 25.3 Å². The lowest BCUT2D eigenvalue weighted by molar-refractivity contribution is -0.137. The number of nitrogens with two attached hydrogens (primary N) is 1. The first-order chi connectivity index (χ1) is 7.61. The summed E-state index contributed by atoms with van der Waals surface area (Å²) in [7, 11) is 0. The smallest absolute Gasteiger partial charge is 0.303 e. The summed E-state index contributed by atoms with van der Waals surface area (Å²) in [5, 5.41) is 8.48. The number of aliphatic carboxylic acids is 1. The highest BCUT2D eigenvalue weighted by Gasteiger charge is 2.26. The molecule has 1 saturated heterocycles. The van der Waals surface area contributed by atoms with Gasteiger partial charge in [0.25, 0.3) is 0 Å². The molecule has 1 aliphatic rings. The van der Waals surface area contributed by atoms with Crippen LogP contribution in [0.3, 0.4) is 0 Å². The fourth-order valence-corrected chi connectivity index (χ4v) is 1.76. The Morgan fingerprint density at radius 2 is 2.19 bits per heavy atom. The van der Waals surface area contributed by atoms with Crippen LogP contribution in [-0.4, -0.2) is 54.2 Å². The molecule has 1 atom stereocenters. The molecule has 0 aromatic heterocycles. The van der Waals surface area contributed by atoms with E-state index in [9.17, 15) is 9.59 Å². The Morgan fingerprint density at radius 1 is 1.44 bits per heavy atom. The Morgan fingerprint density at radius 3 is 2.81 bits per heavy atom. The highest BCUT2D eigenvalue weighted by Crippen LogP contribution is 2.08. The van der Waals surface area contributed by atoms with Crippen molar-refractivity contribution in [1.82, 2.24) is 4.90 Å². The third kappa shape index (κ3) is 4.16. The molecule has 0 aromatic rings. The van der Waals surface area contributed by atoms with Gasteiger partial charge in [-0.1, -0.05) is 0 Å². The van der Waals surface area contributed by atoms with Crippen LogP contribution in [-0.2, 0) is 14.3 Å². The van der Waals surface area contributed by atoms with Crippen LogP contribution in [0.1, 0.15) is 19.3 Å². The zero-order chi connectivity index (χ0) is 12.0. The largest absolute Gasteiger partial charge is 0.481 e. The third-order valence-electron chi connectivity index (χ3n) is 2.65. The van der Waals surface area contributed by atoms with Gasteiger partial charge in [0.15, 0.2) is 0 Å². The summed E-state index contributed by atoms with van der Waals surface area (Å²) in [5.74, 6) is -1.16. The SMILES string of the molecule is NC(=O)C1COCCN1CCCCC(=O)O. The van der Waals surface area contributed by atoms with Crippen LogP contribution in [0.5, 0.6) is 0 Å². The van der Waals surface area contributed by atoms with E-state index in [0.29, 0.717) is 32.7 Å². The average molecular weight is 230 g/mol. The molecule has 3 N–H and O–H groups in total. The van der Waals surface area contributed by atoms with E-state index in [4.69, 9.17) is 15.6 Å². The van der Waals surface area contributed by atoms with Crippen LogP contribution in [0.25, 0.3) is 0 Å². The van der Waals surface area contributed by atoms with Gasteiger partial charge >= 0.3 is 5.97 Å². The lowest BCUT2D eigenvalue weighted by atomic mass is 10.1. The molecule has 0 aromatic carbocycles. The number of primary amides is 1. The Hall–Kier alpha value is -1.14. The second kappa shape index (κ2) is 6.44. The molecule has 1 heterocycles. The van der Waals surface area contributed by atoms with Gasteiger partial charge in [-0.15, -0.1) is 0 Å². The zero-order valence-electron chi connectivity index (χ0n) is 9.22. The maximum Gasteiger partial charge on any atom is 0.303 e. The van der Waals surface area contributed by atoms with Gasteiger partial charge in [-0.2, -0.15) is 0 Å². The molecule has 16 heavy (non-hydrogen) atoms. The average Bonchev–Trinajstić information content (AvgIpc) is 2.24. The molecule has 0 saturated carbocycles. The van der Waals surface area contributed by atoms with E-state index in [2.05, 4.69) is 0 Å². The fraction of sp³-hybridized carbons (Fsp3) is 0.800. The van der Waals surface area contributed by atoms with E-state index >= 15 is 0 Å². The number of carboxylic acids is 1. The van der Waals surface area contributed by atoms with Crippen LogP contribution in [0.4, 0.5) is 0 Å². The van der Waals surface area contributed by atoms with Crippen molar-refractivity contribution in [2.24, 2.45) is 5.73 Å². The molecule has 1 unspecified atom stereocenters. The predicted octanol–water partition coefficient (Wildman–Crippen LogP) is -0.573. The van der Waals surface area contributed by atoms with Crippen molar-refractivity contribution >= 4 is 11.9 Å². The van der Waals surface area contributed by atoms with Crippen molar-refractivity contribution < 1.29 is 19.4 Å². The van der Waals surface area contributed by atoms with E-state index in [1.165, 1.54) is 0 Å². The van der Waals surface area contributed by atoms with E-state index in [1.54, 1.807) is 0 Å². The molecule has 0 bridgehead atoms. The molecule has 0 radical (unpaired) electrons. The van der Waals surface area contributed by atoms with Crippen LogP contribution >= 0.6 is 0 Å². The molecule has 1 fully saturated rings. The molecule has 1 aliphatic heterocycles. The second-order valence-corrected chi connectivity index (χ2v) is 3.88. The number of nitrogens with zero attached hydrogens (tertiary/aromatic N) is 1. The molecule has 1 rings (SSSR count). The number of carbonyl (C=O) groups is 2. The standard InChI is InChI=1S/C10H18N2O4/c11-10(15)8-7-16-6-5-12(8)4-2-1-3-9(13)14/h8H,1-7H2,(H2,11,15)(H,13,14). The Balaban J connectivity index is 2.27. The maximum absolute atomic E-state index is 11.1. The van der Waals surface area contributed by atoms with Crippen molar-refractivity contribution in [3.8, 4) is 0 Å². The molecule has 6 nitrogen and oxygen atoms in total. The summed E-state index contributed by atoms with van der Waals surface area (Å²) in [6.07, 6.45) is 1.56. The van der Waals surface area contributed by atoms with E-state index < -0.39 is 5.97 Å². The van der Waals surface area contributed by atoms with Crippen LogP contribution in [0.15, 0.2) is 0 Å². The van der Waals surface area contributed by atoms with Crippen molar-refractivity contribution in [1.29, 1.82) is 0 Å². The normalized spacial score (nSPS) is 21.9. The molecular weight excluding hydrogens is 212 g/mol. The summed E-state index contributed by atoms with van der Waals surface area (Å²) in [6, 6.07) is -0.362. The topological polar surface area (TPSA) is 92.9 Å². The first kappa shape index (κ1) is 12.9. The summed E-state index contributed by atoms with van der Waals surface area (Å²) in [4.78, 5) is 23.4. The minimum atomic E-state index is -0.784. The van der Waals surface area contributed by atoms with Gasteiger partial charge in [0.1, 0.15) is 6.04 Å². The predicted molar refractivity (Wildman–Crippen MR) is 56.9 cm³/mol. The van der Waals surface area contributed by atoms with Gasteiger partial charge in [0.05, 0.1) is 13.2 Å². The highest BCUT2D eigenvalue weighted by atomic mass is 16.5. The molecule has 0 aliphatic carbocycles. The number of unbranched alkanes of at least 4 members (excludes halogenated alkanes) is 1. The minimum absolute atomic E-state index is 0.172. The maximum atomic E-state index is 11.1. The second-order valence-electron chi connectivity index (χ2n) is 3.88. The van der Waals surface area contributed by atoms with Gasteiger partial charge < -0.3 is 15.6 Å². The van der Waals surface area contributed by atoms with E-state index in [1.807, 2.05) is 4.90 Å². The lowest BCUT2D eigenvalue weighted by Gasteiger charge is -2.33. The minimum Gasteiger partial charge on any atom is -0.481 e. The van der Waals surface area contributed by atoms with Crippen LogP contribution in [0.2, 0.25) is 0 Å². The Labute approximate surface area is 94.3 Å². The number of hydrogen-bond acceptors (Lipinski definition) is 4. The number of rotatable bonds is 6. The summed E-state index contributed by atoms with van der Waals surface area (Å²) >= 11 is 0. The summed E-state index contributed by atoms with van der Waals surface area (Å²) in [6.45, 7) is 2.32. The number of morpholine rings is 1. The zero-order valence-corrected chi connectivity index (χ0v) is 9.22. The number of carbonyl (C=O) groups excluding carboxylic acids is 1. The van der Waals surface area contributed by atoms with E-state index in [-0.39, 0.29) is 18.4 Å². The van der Waals surface area contributed by atoms with Gasteiger partial charge in [0.2, 0.25) is 5.91 Å². The molecule has 6 heteroatoms. The van der Waals surface area contributed by atoms with Crippen molar-refractivity contribution in [2.75, 3.05) is 26.3 Å². The Bertz CT molecular complexity index is 257. The van der Waals surface area contributed by atoms with Crippen molar-refractivity contribution in [3.63, 3.8) is 0 Å². The first-order valence-electron chi connectivity index (χ1n) is 5.44. The number of amides is 1. The third-order valence-corrected chi connectivity index (χ3v) is 2.65. The number of carboxylic acid groups (broad SMARTS) is 1. The Kier molecular flexibility index (Phi) is 5.21. The molecular formula is C10H18N2O4. The molecule has 92 valence electrons. The first-order valence-corrected chi connectivity index (χ1v) is 5.44. The number of hydrogen-bond donors (Lipinski definition) is 2. The monoisotopic (exact) mass is 230 g/mol. The van der Waals surface area contributed by atoms with Gasteiger partial charge in [-0.25, -0.2) is 0 Å². The quantitative estimate of drug-likeness (QED) is 0.596.